The van der Waals surface area contributed by atoms with Gasteiger partial charge in [-0.05, 0) is 48.9 Å². The van der Waals surface area contributed by atoms with Crippen LogP contribution in [0.5, 0.6) is 5.75 Å². The van der Waals surface area contributed by atoms with E-state index in [0.717, 1.165) is 29.8 Å². The Morgan fingerprint density at radius 1 is 1.00 bits per heavy atom. The third-order valence-electron chi connectivity index (χ3n) is 4.71. The Labute approximate surface area is 176 Å². The molecule has 0 atom stereocenters. The van der Waals surface area contributed by atoms with Crippen molar-refractivity contribution >= 4 is 21.8 Å². The number of benzene rings is 2. The van der Waals surface area contributed by atoms with Gasteiger partial charge in [-0.15, -0.1) is 0 Å². The summed E-state index contributed by atoms with van der Waals surface area (Å²) in [6, 6.07) is 14.7. The lowest BCUT2D eigenvalue weighted by Crippen LogP contribution is -2.29. The van der Waals surface area contributed by atoms with Crippen LogP contribution in [0.2, 0.25) is 0 Å². The summed E-state index contributed by atoms with van der Waals surface area (Å²) in [5.41, 5.74) is 2.00. The third kappa shape index (κ3) is 5.66. The van der Waals surface area contributed by atoms with Gasteiger partial charge >= 0.3 is 10.2 Å². The van der Waals surface area contributed by atoms with Crippen molar-refractivity contribution in [2.24, 2.45) is 0 Å². The monoisotopic (exact) mass is 431 g/mol. The third-order valence-corrected chi connectivity index (χ3v) is 5.99. The number of aromatic hydroxyl groups is 1. The summed E-state index contributed by atoms with van der Waals surface area (Å²) in [5, 5.41) is 22.4. The molecule has 1 aliphatic heterocycles. The zero-order valence-electron chi connectivity index (χ0n) is 16.4. The van der Waals surface area contributed by atoms with Gasteiger partial charge in [0, 0.05) is 13.0 Å². The Bertz CT molecular complexity index is 1020. The Morgan fingerprint density at radius 3 is 2.43 bits per heavy atom. The summed E-state index contributed by atoms with van der Waals surface area (Å²) in [6.07, 6.45) is 4.52. The molecule has 2 aromatic carbocycles. The van der Waals surface area contributed by atoms with E-state index < -0.39 is 16.1 Å². The minimum atomic E-state index is -3.97. The summed E-state index contributed by atoms with van der Waals surface area (Å²) in [6.45, 7) is 0.617. The van der Waals surface area contributed by atoms with Crippen molar-refractivity contribution < 1.29 is 23.4 Å². The maximum atomic E-state index is 12.0. The highest BCUT2D eigenvalue weighted by Gasteiger charge is 2.30. The Balaban J connectivity index is 1.42. The highest BCUT2D eigenvalue weighted by atomic mass is 32.2. The van der Waals surface area contributed by atoms with Gasteiger partial charge in [0.2, 0.25) is 11.8 Å². The van der Waals surface area contributed by atoms with E-state index in [-0.39, 0.29) is 23.8 Å². The van der Waals surface area contributed by atoms with E-state index >= 15 is 0 Å². The van der Waals surface area contributed by atoms with Crippen LogP contribution < -0.4 is 14.3 Å². The molecule has 1 heterocycles. The molecule has 0 saturated heterocycles. The van der Waals surface area contributed by atoms with Gasteiger partial charge in [0.05, 0.1) is 6.20 Å². The van der Waals surface area contributed by atoms with Crippen LogP contribution in [0.15, 0.2) is 60.6 Å². The van der Waals surface area contributed by atoms with Gasteiger partial charge in [-0.25, -0.2) is 9.03 Å². The van der Waals surface area contributed by atoms with Crippen LogP contribution in [0.3, 0.4) is 0 Å². The van der Waals surface area contributed by atoms with Crippen molar-refractivity contribution in [3.63, 3.8) is 0 Å². The number of hydrogen-bond donors (Lipinski definition) is 4. The van der Waals surface area contributed by atoms with E-state index in [1.54, 1.807) is 6.07 Å². The first-order valence-corrected chi connectivity index (χ1v) is 11.1. The second kappa shape index (κ2) is 9.53. The smallest absolute Gasteiger partial charge is 0.330 e. The number of amides is 1. The lowest BCUT2D eigenvalue weighted by atomic mass is 10.1. The van der Waals surface area contributed by atoms with Crippen molar-refractivity contribution in [2.45, 2.75) is 32.1 Å². The summed E-state index contributed by atoms with van der Waals surface area (Å²) in [4.78, 5) is 12.0. The van der Waals surface area contributed by atoms with Crippen LogP contribution in [-0.2, 0) is 27.8 Å². The summed E-state index contributed by atoms with van der Waals surface area (Å²) < 4.78 is 26.4. The predicted molar refractivity (Wildman–Crippen MR) is 114 cm³/mol. The Morgan fingerprint density at radius 2 is 1.77 bits per heavy atom. The first-order valence-electron chi connectivity index (χ1n) is 9.70. The van der Waals surface area contributed by atoms with Crippen LogP contribution >= 0.6 is 0 Å². The number of phenols is 1. The average molecular weight is 432 g/mol. The molecule has 1 amide bonds. The number of anilines is 1. The van der Waals surface area contributed by atoms with Crippen LogP contribution in [0.1, 0.15) is 30.4 Å². The first kappa shape index (κ1) is 21.5. The van der Waals surface area contributed by atoms with Crippen molar-refractivity contribution in [1.82, 2.24) is 10.0 Å². The summed E-state index contributed by atoms with van der Waals surface area (Å²) >= 11 is 0. The predicted octanol–water partition coefficient (Wildman–Crippen LogP) is 2.48. The maximum absolute atomic E-state index is 12.0. The van der Waals surface area contributed by atoms with Crippen molar-refractivity contribution in [2.75, 3.05) is 10.8 Å². The molecule has 0 bridgehead atoms. The number of hydrogen-bond acceptors (Lipinski definition) is 5. The number of aryl methyl sites for hydroxylation is 2. The number of unbranched alkanes of at least 4 members (excludes halogenated alkanes) is 1. The van der Waals surface area contributed by atoms with E-state index in [0.29, 0.717) is 18.5 Å². The molecular formula is C21H25N3O5S. The molecule has 0 saturated carbocycles. The van der Waals surface area contributed by atoms with Gasteiger partial charge in [-0.1, -0.05) is 36.4 Å². The molecule has 9 heteroatoms. The molecule has 8 nitrogen and oxygen atoms in total. The molecule has 0 aliphatic carbocycles. The molecule has 0 fully saturated rings. The van der Waals surface area contributed by atoms with E-state index in [2.05, 4.69) is 17.4 Å². The molecule has 0 spiro atoms. The molecule has 4 N–H and O–H groups in total. The molecule has 0 unspecified atom stereocenters. The zero-order chi connectivity index (χ0) is 21.6. The minimum Gasteiger partial charge on any atom is -0.506 e. The molecule has 2 aromatic rings. The van der Waals surface area contributed by atoms with Crippen molar-refractivity contribution in [3.05, 3.63) is 71.7 Å². The number of aliphatic hydroxyl groups excluding tert-OH is 1. The summed E-state index contributed by atoms with van der Waals surface area (Å²) in [7, 11) is -3.97. The average Bonchev–Trinajstić information content (AvgIpc) is 2.98. The molecule has 160 valence electrons. The summed E-state index contributed by atoms with van der Waals surface area (Å²) in [5.74, 6) is -0.860. The van der Waals surface area contributed by atoms with Crippen LogP contribution in [0, 0.1) is 0 Å². The van der Waals surface area contributed by atoms with Gasteiger partial charge in [0.25, 0.3) is 0 Å². The van der Waals surface area contributed by atoms with E-state index in [9.17, 15) is 23.4 Å². The maximum Gasteiger partial charge on any atom is 0.330 e. The lowest BCUT2D eigenvalue weighted by molar-refractivity contribution is -0.121. The highest BCUT2D eigenvalue weighted by Crippen LogP contribution is 2.32. The minimum absolute atomic E-state index is 0.0122. The van der Waals surface area contributed by atoms with Gasteiger partial charge in [0.1, 0.15) is 11.4 Å². The van der Waals surface area contributed by atoms with Crippen molar-refractivity contribution in [3.8, 4) is 5.75 Å². The van der Waals surface area contributed by atoms with Crippen LogP contribution in [0.4, 0.5) is 5.69 Å². The molecule has 1 aliphatic rings. The first-order chi connectivity index (χ1) is 14.3. The van der Waals surface area contributed by atoms with Gasteiger partial charge in [-0.2, -0.15) is 8.42 Å². The van der Waals surface area contributed by atoms with E-state index in [4.69, 9.17) is 0 Å². The van der Waals surface area contributed by atoms with Gasteiger partial charge in [-0.3, -0.25) is 4.79 Å². The number of carbonyl (C=O) groups is 1. The Kier molecular flexibility index (Phi) is 6.83. The number of nitrogens with zero attached hydrogens (tertiary/aromatic N) is 1. The number of carbonyl (C=O) groups excluding carboxylic acids is 1. The van der Waals surface area contributed by atoms with Crippen molar-refractivity contribution in [1.29, 1.82) is 0 Å². The molecule has 0 radical (unpaired) electrons. The number of phenolic OH excluding ortho intramolecular Hbond substituents is 1. The SMILES string of the molecule is O=C(CCc1ccc(N2C=C(O)NS2(=O)=O)c(O)c1)NCCCCc1ccccc1. The van der Waals surface area contributed by atoms with E-state index in [1.165, 1.54) is 17.7 Å². The molecule has 0 aromatic heterocycles. The quantitative estimate of drug-likeness (QED) is 0.455. The molecule has 3 rings (SSSR count). The van der Waals surface area contributed by atoms with Crippen LogP contribution in [-0.4, -0.2) is 31.1 Å². The number of nitrogens with one attached hydrogen (secondary N) is 2. The fourth-order valence-electron chi connectivity index (χ4n) is 3.17. The van der Waals surface area contributed by atoms with Crippen LogP contribution in [0.25, 0.3) is 0 Å². The number of aliphatic hydroxyl groups is 1. The second-order valence-electron chi connectivity index (χ2n) is 7.03. The standard InChI is InChI=1S/C21H25N3O5S/c25-19-14-17(9-11-18(19)24-15-21(27)23-30(24,28)29)10-12-20(26)22-13-5-4-8-16-6-2-1-3-7-16/h1-3,6-7,9,11,14-15,23,25,27H,4-5,8,10,12-13H2,(H,22,26). The second-order valence-corrected chi connectivity index (χ2v) is 8.58. The highest BCUT2D eigenvalue weighted by molar-refractivity contribution is 7.91. The fraction of sp³-hybridized carbons (Fsp3) is 0.286. The largest absolute Gasteiger partial charge is 0.506 e. The van der Waals surface area contributed by atoms with Gasteiger partial charge in [0.15, 0.2) is 0 Å². The fourth-order valence-corrected chi connectivity index (χ4v) is 4.24. The van der Waals surface area contributed by atoms with E-state index in [1.807, 2.05) is 22.9 Å². The lowest BCUT2D eigenvalue weighted by Gasteiger charge is -2.16. The van der Waals surface area contributed by atoms with Gasteiger partial charge < -0.3 is 15.5 Å². The number of rotatable bonds is 9. The Hall–Kier alpha value is -3.20. The molecular weight excluding hydrogens is 406 g/mol. The topological polar surface area (TPSA) is 119 Å². The molecule has 30 heavy (non-hydrogen) atoms. The zero-order valence-corrected chi connectivity index (χ0v) is 17.2. The normalized spacial score (nSPS) is 14.8.